The summed E-state index contributed by atoms with van der Waals surface area (Å²) in [6.45, 7) is 6.11. The molecule has 21 heavy (non-hydrogen) atoms. The Bertz CT molecular complexity index is 506. The van der Waals surface area contributed by atoms with Gasteiger partial charge in [0, 0.05) is 19.6 Å². The van der Waals surface area contributed by atoms with Crippen molar-refractivity contribution in [1.29, 1.82) is 0 Å². The van der Waals surface area contributed by atoms with Gasteiger partial charge in [-0.2, -0.15) is 0 Å². The standard InChI is InChI=1S/C17H23NO3/c1-11-7-14-9-16(21-15(14)8-12(11)2)17(19)18-5-6-20-10-13-3-4-13/h7-8,13,16H,3-6,9-10H2,1-2H3,(H,18,19)/t16-/m1/s1. The van der Waals surface area contributed by atoms with E-state index in [1.807, 2.05) is 6.07 Å². The van der Waals surface area contributed by atoms with Crippen molar-refractivity contribution >= 4 is 5.91 Å². The molecule has 114 valence electrons. The number of fused-ring (bicyclic) bond motifs is 1. The van der Waals surface area contributed by atoms with E-state index in [0.29, 0.717) is 19.6 Å². The van der Waals surface area contributed by atoms with Gasteiger partial charge in [-0.25, -0.2) is 0 Å². The highest BCUT2D eigenvalue weighted by atomic mass is 16.5. The minimum absolute atomic E-state index is 0.0449. The summed E-state index contributed by atoms with van der Waals surface area (Å²) in [5, 5.41) is 2.89. The van der Waals surface area contributed by atoms with Gasteiger partial charge >= 0.3 is 0 Å². The van der Waals surface area contributed by atoms with E-state index >= 15 is 0 Å². The molecule has 0 radical (unpaired) electrons. The lowest BCUT2D eigenvalue weighted by atomic mass is 10.0. The third-order valence-corrected chi connectivity index (χ3v) is 4.24. The number of aryl methyl sites for hydroxylation is 2. The van der Waals surface area contributed by atoms with Gasteiger partial charge in [0.25, 0.3) is 5.91 Å². The third kappa shape index (κ3) is 3.56. The zero-order chi connectivity index (χ0) is 14.8. The van der Waals surface area contributed by atoms with E-state index in [0.717, 1.165) is 23.8 Å². The fourth-order valence-corrected chi connectivity index (χ4v) is 2.55. The second-order valence-corrected chi connectivity index (χ2v) is 6.16. The molecule has 1 N–H and O–H groups in total. The van der Waals surface area contributed by atoms with Gasteiger partial charge < -0.3 is 14.8 Å². The molecule has 1 aromatic rings. The summed E-state index contributed by atoms with van der Waals surface area (Å²) in [6.07, 6.45) is 2.84. The summed E-state index contributed by atoms with van der Waals surface area (Å²) >= 11 is 0. The van der Waals surface area contributed by atoms with E-state index in [1.165, 1.54) is 24.0 Å². The number of hydrogen-bond donors (Lipinski definition) is 1. The Morgan fingerprint density at radius 3 is 2.86 bits per heavy atom. The summed E-state index contributed by atoms with van der Waals surface area (Å²) in [5.74, 6) is 1.57. The third-order valence-electron chi connectivity index (χ3n) is 4.24. The highest BCUT2D eigenvalue weighted by molar-refractivity contribution is 5.82. The van der Waals surface area contributed by atoms with Crippen LogP contribution in [0.25, 0.3) is 0 Å². The largest absolute Gasteiger partial charge is 0.480 e. The van der Waals surface area contributed by atoms with Crippen LogP contribution in [0.4, 0.5) is 0 Å². The molecule has 0 spiro atoms. The Morgan fingerprint density at radius 1 is 1.33 bits per heavy atom. The first kappa shape index (κ1) is 14.4. The molecule has 1 aliphatic carbocycles. The monoisotopic (exact) mass is 289 g/mol. The number of rotatable bonds is 6. The van der Waals surface area contributed by atoms with Gasteiger partial charge in [0.05, 0.1) is 6.61 Å². The predicted octanol–water partition coefficient (Wildman–Crippen LogP) is 2.15. The summed E-state index contributed by atoms with van der Waals surface area (Å²) in [5.41, 5.74) is 3.57. The fraction of sp³-hybridized carbons (Fsp3) is 0.588. The topological polar surface area (TPSA) is 47.6 Å². The molecule has 0 bridgehead atoms. The van der Waals surface area contributed by atoms with E-state index in [9.17, 15) is 4.79 Å². The Hall–Kier alpha value is -1.55. The van der Waals surface area contributed by atoms with E-state index in [-0.39, 0.29) is 5.91 Å². The van der Waals surface area contributed by atoms with E-state index in [4.69, 9.17) is 9.47 Å². The van der Waals surface area contributed by atoms with Crippen molar-refractivity contribution in [1.82, 2.24) is 5.32 Å². The van der Waals surface area contributed by atoms with Crippen LogP contribution in [0, 0.1) is 19.8 Å². The molecule has 1 fully saturated rings. The summed E-state index contributed by atoms with van der Waals surface area (Å²) in [7, 11) is 0. The van der Waals surface area contributed by atoms with Crippen LogP contribution in [-0.4, -0.2) is 31.8 Å². The number of amides is 1. The summed E-state index contributed by atoms with van der Waals surface area (Å²) < 4.78 is 11.3. The normalized spacial score (nSPS) is 20.0. The molecular formula is C17H23NO3. The van der Waals surface area contributed by atoms with Crippen LogP contribution in [0.1, 0.15) is 29.5 Å². The van der Waals surface area contributed by atoms with Crippen LogP contribution < -0.4 is 10.1 Å². The van der Waals surface area contributed by atoms with Crippen LogP contribution in [0.2, 0.25) is 0 Å². The second-order valence-electron chi connectivity index (χ2n) is 6.16. The summed E-state index contributed by atoms with van der Waals surface area (Å²) in [6, 6.07) is 4.15. The Kier molecular flexibility index (Phi) is 4.15. The predicted molar refractivity (Wildman–Crippen MR) is 80.6 cm³/mol. The van der Waals surface area contributed by atoms with Crippen molar-refractivity contribution in [2.24, 2.45) is 5.92 Å². The van der Waals surface area contributed by atoms with Gasteiger partial charge in [0.2, 0.25) is 0 Å². The van der Waals surface area contributed by atoms with Gasteiger partial charge in [-0.3, -0.25) is 4.79 Å². The second kappa shape index (κ2) is 6.06. The van der Waals surface area contributed by atoms with Crippen molar-refractivity contribution in [2.75, 3.05) is 19.8 Å². The van der Waals surface area contributed by atoms with Gasteiger partial charge in [-0.15, -0.1) is 0 Å². The maximum Gasteiger partial charge on any atom is 0.261 e. The molecule has 1 aromatic carbocycles. The highest BCUT2D eigenvalue weighted by Gasteiger charge is 2.29. The number of carbonyl (C=O) groups is 1. The lowest BCUT2D eigenvalue weighted by Crippen LogP contribution is -2.39. The molecule has 1 amide bonds. The maximum absolute atomic E-state index is 12.1. The first-order chi connectivity index (χ1) is 10.1. The van der Waals surface area contributed by atoms with Crippen LogP contribution in [0.15, 0.2) is 12.1 Å². The van der Waals surface area contributed by atoms with Gasteiger partial charge in [-0.05, 0) is 55.4 Å². The number of hydrogen-bond acceptors (Lipinski definition) is 3. The molecule has 0 aromatic heterocycles. The first-order valence-electron chi connectivity index (χ1n) is 7.75. The van der Waals surface area contributed by atoms with Crippen LogP contribution in [0.3, 0.4) is 0 Å². The highest BCUT2D eigenvalue weighted by Crippen LogP contribution is 2.31. The molecule has 4 heteroatoms. The minimum Gasteiger partial charge on any atom is -0.480 e. The van der Waals surface area contributed by atoms with E-state index in [1.54, 1.807) is 0 Å². The lowest BCUT2D eigenvalue weighted by Gasteiger charge is -2.11. The number of ether oxygens (including phenoxy) is 2. The van der Waals surface area contributed by atoms with Crippen LogP contribution in [-0.2, 0) is 16.0 Å². The molecule has 1 saturated carbocycles. The van der Waals surface area contributed by atoms with Gasteiger partial charge in [0.15, 0.2) is 6.10 Å². The average Bonchev–Trinajstić information content (AvgIpc) is 3.19. The molecule has 1 atom stereocenters. The molecule has 2 aliphatic rings. The van der Waals surface area contributed by atoms with Crippen LogP contribution >= 0.6 is 0 Å². The molecular weight excluding hydrogens is 266 g/mol. The van der Waals surface area contributed by atoms with Crippen LogP contribution in [0.5, 0.6) is 5.75 Å². The Balaban J connectivity index is 1.44. The smallest absolute Gasteiger partial charge is 0.261 e. The minimum atomic E-state index is -0.398. The molecule has 0 unspecified atom stereocenters. The number of carbonyl (C=O) groups excluding carboxylic acids is 1. The molecule has 1 aliphatic heterocycles. The Labute approximate surface area is 125 Å². The molecule has 0 saturated heterocycles. The number of benzene rings is 1. The quantitative estimate of drug-likeness (QED) is 0.816. The van der Waals surface area contributed by atoms with E-state index < -0.39 is 6.10 Å². The lowest BCUT2D eigenvalue weighted by molar-refractivity contribution is -0.127. The summed E-state index contributed by atoms with van der Waals surface area (Å²) in [4.78, 5) is 12.1. The Morgan fingerprint density at radius 2 is 2.10 bits per heavy atom. The van der Waals surface area contributed by atoms with Crippen molar-refractivity contribution in [2.45, 2.75) is 39.2 Å². The average molecular weight is 289 g/mol. The van der Waals surface area contributed by atoms with Gasteiger partial charge in [0.1, 0.15) is 5.75 Å². The molecule has 3 rings (SSSR count). The SMILES string of the molecule is Cc1cc2c(cc1C)O[C@@H](C(=O)NCCOCC1CC1)C2. The van der Waals surface area contributed by atoms with Crippen molar-refractivity contribution in [3.8, 4) is 5.75 Å². The van der Waals surface area contributed by atoms with Crippen molar-refractivity contribution in [3.63, 3.8) is 0 Å². The van der Waals surface area contributed by atoms with E-state index in [2.05, 4.69) is 25.2 Å². The van der Waals surface area contributed by atoms with Gasteiger partial charge in [-0.1, -0.05) is 6.07 Å². The zero-order valence-corrected chi connectivity index (χ0v) is 12.8. The number of nitrogens with one attached hydrogen (secondary N) is 1. The fourth-order valence-electron chi connectivity index (χ4n) is 2.55. The first-order valence-corrected chi connectivity index (χ1v) is 7.75. The van der Waals surface area contributed by atoms with Crippen molar-refractivity contribution < 1.29 is 14.3 Å². The maximum atomic E-state index is 12.1. The van der Waals surface area contributed by atoms with Crippen molar-refractivity contribution in [3.05, 3.63) is 28.8 Å². The molecule has 4 nitrogen and oxygen atoms in total. The molecule has 1 heterocycles. The zero-order valence-electron chi connectivity index (χ0n) is 12.8.